The van der Waals surface area contributed by atoms with Crippen LogP contribution in [0.5, 0.6) is 0 Å². The van der Waals surface area contributed by atoms with Gasteiger partial charge >= 0.3 is 0 Å². The largest absolute Gasteiger partial charge is 0.348 e. The number of nitrogens with zero attached hydrogens (tertiary/aromatic N) is 1. The topological polar surface area (TPSA) is 48.1 Å². The molecule has 3 heterocycles. The number of carbonyl (C=O) groups excluding carboxylic acids is 1. The maximum Gasteiger partial charge on any atom is 0.222 e. The van der Waals surface area contributed by atoms with Crippen molar-refractivity contribution in [3.05, 3.63) is 23.9 Å². The first-order valence-corrected chi connectivity index (χ1v) is 7.12. The van der Waals surface area contributed by atoms with Crippen LogP contribution in [0, 0.1) is 0 Å². The molecule has 0 aromatic carbocycles. The Bertz CT molecular complexity index is 503. The van der Waals surface area contributed by atoms with E-state index in [0.717, 1.165) is 18.8 Å². The highest BCUT2D eigenvalue weighted by Gasteiger charge is 2.26. The van der Waals surface area contributed by atoms with Crippen molar-refractivity contribution in [3.8, 4) is 0 Å². The summed E-state index contributed by atoms with van der Waals surface area (Å²) < 4.78 is 0. The van der Waals surface area contributed by atoms with Crippen LogP contribution in [-0.2, 0) is 4.79 Å². The van der Waals surface area contributed by atoms with Gasteiger partial charge in [-0.05, 0) is 43.0 Å². The SMILES string of the molecule is CC(=O)Nc1cc(C2=CCN3CCCCC3C2)c[nH]1. The van der Waals surface area contributed by atoms with Gasteiger partial charge in [-0.3, -0.25) is 9.69 Å². The van der Waals surface area contributed by atoms with Crippen LogP contribution in [0.15, 0.2) is 18.3 Å². The minimum absolute atomic E-state index is 0.0375. The van der Waals surface area contributed by atoms with Crippen LogP contribution in [0.3, 0.4) is 0 Å². The fraction of sp³-hybridized carbons (Fsp3) is 0.533. The molecule has 4 nitrogen and oxygen atoms in total. The zero-order chi connectivity index (χ0) is 13.2. The van der Waals surface area contributed by atoms with Gasteiger partial charge in [0.1, 0.15) is 5.82 Å². The standard InChI is InChI=1S/C15H21N3O/c1-11(19)17-15-9-13(10-16-15)12-5-7-18-6-3-2-4-14(18)8-12/h5,9-10,14,16H,2-4,6-8H2,1H3,(H,17,19). The number of aromatic amines is 1. The highest BCUT2D eigenvalue weighted by Crippen LogP contribution is 2.32. The lowest BCUT2D eigenvalue weighted by Crippen LogP contribution is -2.41. The van der Waals surface area contributed by atoms with Crippen molar-refractivity contribution in [3.63, 3.8) is 0 Å². The smallest absolute Gasteiger partial charge is 0.222 e. The van der Waals surface area contributed by atoms with Crippen LogP contribution >= 0.6 is 0 Å². The molecule has 0 radical (unpaired) electrons. The van der Waals surface area contributed by atoms with Crippen molar-refractivity contribution >= 4 is 17.3 Å². The van der Waals surface area contributed by atoms with Gasteiger partial charge in [0.25, 0.3) is 0 Å². The first-order chi connectivity index (χ1) is 9.22. The lowest BCUT2D eigenvalue weighted by molar-refractivity contribution is -0.114. The molecule has 1 aromatic rings. The van der Waals surface area contributed by atoms with Crippen molar-refractivity contribution in [1.82, 2.24) is 9.88 Å². The molecule has 4 heteroatoms. The Kier molecular flexibility index (Phi) is 3.42. The molecule has 1 aromatic heterocycles. The number of hydrogen-bond acceptors (Lipinski definition) is 2. The normalized spacial score (nSPS) is 23.6. The van der Waals surface area contributed by atoms with E-state index >= 15 is 0 Å². The fourth-order valence-corrected chi connectivity index (χ4v) is 3.17. The van der Waals surface area contributed by atoms with E-state index in [1.54, 1.807) is 0 Å². The van der Waals surface area contributed by atoms with E-state index in [4.69, 9.17) is 0 Å². The van der Waals surface area contributed by atoms with Gasteiger partial charge in [0.05, 0.1) is 0 Å². The third-order valence-corrected chi connectivity index (χ3v) is 4.14. The Morgan fingerprint density at radius 3 is 3.21 bits per heavy atom. The Labute approximate surface area is 113 Å². The maximum absolute atomic E-state index is 11.0. The van der Waals surface area contributed by atoms with Gasteiger partial charge < -0.3 is 10.3 Å². The average Bonchev–Trinajstić information content (AvgIpc) is 2.86. The molecule has 0 aliphatic carbocycles. The van der Waals surface area contributed by atoms with Crippen LogP contribution in [0.2, 0.25) is 0 Å². The summed E-state index contributed by atoms with van der Waals surface area (Å²) in [5, 5.41) is 2.79. The minimum Gasteiger partial charge on any atom is -0.348 e. The Morgan fingerprint density at radius 2 is 2.37 bits per heavy atom. The number of fused-ring (bicyclic) bond motifs is 1. The Morgan fingerprint density at radius 1 is 1.47 bits per heavy atom. The highest BCUT2D eigenvalue weighted by molar-refractivity contribution is 5.88. The second-order valence-corrected chi connectivity index (χ2v) is 5.56. The Hall–Kier alpha value is -1.55. The number of nitrogens with one attached hydrogen (secondary N) is 2. The van der Waals surface area contributed by atoms with E-state index in [2.05, 4.69) is 21.3 Å². The number of piperidine rings is 1. The van der Waals surface area contributed by atoms with Crippen molar-refractivity contribution < 1.29 is 4.79 Å². The third-order valence-electron chi connectivity index (χ3n) is 4.14. The molecule has 1 atom stereocenters. The van der Waals surface area contributed by atoms with Gasteiger partial charge in [-0.2, -0.15) is 0 Å². The van der Waals surface area contributed by atoms with Gasteiger partial charge in [-0.1, -0.05) is 12.5 Å². The lowest BCUT2D eigenvalue weighted by atomic mass is 9.90. The average molecular weight is 259 g/mol. The summed E-state index contributed by atoms with van der Waals surface area (Å²) in [6.07, 6.45) is 9.49. The van der Waals surface area contributed by atoms with Gasteiger partial charge in [-0.15, -0.1) is 0 Å². The summed E-state index contributed by atoms with van der Waals surface area (Å²) >= 11 is 0. The first kappa shape index (κ1) is 12.5. The first-order valence-electron chi connectivity index (χ1n) is 7.12. The summed E-state index contributed by atoms with van der Waals surface area (Å²) in [7, 11) is 0. The van der Waals surface area contributed by atoms with Crippen LogP contribution in [0.1, 0.15) is 38.2 Å². The van der Waals surface area contributed by atoms with Gasteiger partial charge in [-0.25, -0.2) is 0 Å². The van der Waals surface area contributed by atoms with Gasteiger partial charge in [0.2, 0.25) is 5.91 Å². The molecule has 1 saturated heterocycles. The van der Waals surface area contributed by atoms with Crippen molar-refractivity contribution in [2.24, 2.45) is 0 Å². The molecular formula is C15H21N3O. The molecule has 19 heavy (non-hydrogen) atoms. The number of H-pyrrole nitrogens is 1. The summed E-state index contributed by atoms with van der Waals surface area (Å²) in [5.74, 6) is 0.749. The number of anilines is 1. The minimum atomic E-state index is -0.0375. The molecule has 2 aliphatic heterocycles. The quantitative estimate of drug-likeness (QED) is 0.857. The van der Waals surface area contributed by atoms with Crippen LogP contribution < -0.4 is 5.32 Å². The summed E-state index contributed by atoms with van der Waals surface area (Å²) in [5.41, 5.74) is 2.63. The number of rotatable bonds is 2. The summed E-state index contributed by atoms with van der Waals surface area (Å²) in [4.78, 5) is 16.7. The summed E-state index contributed by atoms with van der Waals surface area (Å²) in [6, 6.07) is 2.75. The molecule has 0 bridgehead atoms. The molecule has 2 aliphatic rings. The van der Waals surface area contributed by atoms with E-state index in [1.807, 2.05) is 12.3 Å². The lowest BCUT2D eigenvalue weighted by Gasteiger charge is -2.38. The van der Waals surface area contributed by atoms with Crippen molar-refractivity contribution in [2.75, 3.05) is 18.4 Å². The zero-order valence-electron chi connectivity index (χ0n) is 11.4. The highest BCUT2D eigenvalue weighted by atomic mass is 16.1. The molecule has 1 amide bonds. The van der Waals surface area contributed by atoms with Gasteiger partial charge in [0.15, 0.2) is 0 Å². The van der Waals surface area contributed by atoms with E-state index in [9.17, 15) is 4.79 Å². The monoisotopic (exact) mass is 259 g/mol. The molecule has 2 N–H and O–H groups in total. The number of hydrogen-bond donors (Lipinski definition) is 2. The second kappa shape index (κ2) is 5.21. The van der Waals surface area contributed by atoms with Gasteiger partial charge in [0, 0.05) is 25.7 Å². The van der Waals surface area contributed by atoms with Crippen molar-refractivity contribution in [1.29, 1.82) is 0 Å². The zero-order valence-corrected chi connectivity index (χ0v) is 11.4. The molecule has 0 saturated carbocycles. The third kappa shape index (κ3) is 2.73. The second-order valence-electron chi connectivity index (χ2n) is 5.56. The fourth-order valence-electron chi connectivity index (χ4n) is 3.17. The maximum atomic E-state index is 11.0. The Balaban J connectivity index is 1.73. The van der Waals surface area contributed by atoms with E-state index in [1.165, 1.54) is 43.9 Å². The molecule has 3 rings (SSSR count). The van der Waals surface area contributed by atoms with E-state index in [0.29, 0.717) is 6.04 Å². The molecule has 102 valence electrons. The number of amides is 1. The number of carbonyl (C=O) groups is 1. The number of aromatic nitrogens is 1. The van der Waals surface area contributed by atoms with Crippen LogP contribution in [0.4, 0.5) is 5.82 Å². The van der Waals surface area contributed by atoms with Crippen molar-refractivity contribution in [2.45, 2.75) is 38.6 Å². The molecular weight excluding hydrogens is 238 g/mol. The van der Waals surface area contributed by atoms with E-state index < -0.39 is 0 Å². The predicted molar refractivity (Wildman–Crippen MR) is 76.9 cm³/mol. The van der Waals surface area contributed by atoms with E-state index in [-0.39, 0.29) is 5.91 Å². The van der Waals surface area contributed by atoms with Crippen LogP contribution in [-0.4, -0.2) is 34.9 Å². The summed E-state index contributed by atoms with van der Waals surface area (Å²) in [6.45, 7) is 3.85. The molecule has 1 unspecified atom stereocenters. The molecule has 0 spiro atoms. The molecule has 1 fully saturated rings. The predicted octanol–water partition coefficient (Wildman–Crippen LogP) is 2.61. The van der Waals surface area contributed by atoms with Crippen LogP contribution in [0.25, 0.3) is 5.57 Å².